The van der Waals surface area contributed by atoms with Crippen LogP contribution in [0.15, 0.2) is 41.2 Å². The van der Waals surface area contributed by atoms with E-state index in [0.717, 1.165) is 13.8 Å². The first-order valence-corrected chi connectivity index (χ1v) is 22.2. The molecule has 1 saturated heterocycles. The van der Waals surface area contributed by atoms with Gasteiger partial charge >= 0.3 is 5.97 Å². The van der Waals surface area contributed by atoms with Crippen molar-refractivity contribution in [3.63, 3.8) is 0 Å². The topological polar surface area (TPSA) is 171 Å². The minimum absolute atomic E-state index is 0.0347. The summed E-state index contributed by atoms with van der Waals surface area (Å²) in [7, 11) is -4.03. The Kier molecular flexibility index (Phi) is 12.0. The number of Topliss-reactive ketones (excluding diaryl/α,β-unsaturated/α-hetero) is 1. The van der Waals surface area contributed by atoms with E-state index < -0.39 is 91.6 Å². The molecule has 2 amide bonds. The molecule has 2 aliphatic carbocycles. The van der Waals surface area contributed by atoms with Gasteiger partial charge in [0, 0.05) is 19.8 Å². The first kappa shape index (κ1) is 44.3. The minimum atomic E-state index is -4.03. The van der Waals surface area contributed by atoms with Gasteiger partial charge in [-0.3, -0.25) is 28.7 Å². The number of carbonyl (C=O) groups excluding carboxylic acids is 4. The number of halogens is 2. The van der Waals surface area contributed by atoms with Crippen LogP contribution in [-0.2, 0) is 33.9 Å². The molecule has 16 heteroatoms. The fourth-order valence-corrected chi connectivity index (χ4v) is 9.79. The molecular formula is C43H58F2N4O9S. The molecule has 7 atom stereocenters. The molecule has 0 radical (unpaired) electrons. The maximum atomic E-state index is 15.0. The number of fused-ring (bicyclic) bond motifs is 3. The summed E-state index contributed by atoms with van der Waals surface area (Å²) >= 11 is 0. The molecule has 6 rings (SSSR count). The fraction of sp³-hybridized carbons (Fsp3) is 0.674. The number of hydrogen-bond donors (Lipinski definition) is 1. The Hall–Kier alpha value is -4.21. The van der Waals surface area contributed by atoms with Gasteiger partial charge in [0.25, 0.3) is 11.5 Å². The zero-order chi connectivity index (χ0) is 43.5. The van der Waals surface area contributed by atoms with Crippen molar-refractivity contribution < 1.29 is 45.9 Å². The van der Waals surface area contributed by atoms with Gasteiger partial charge in [-0.1, -0.05) is 38.1 Å². The molecule has 2 saturated carbocycles. The number of alkyl halides is 2. The highest BCUT2D eigenvalue weighted by Crippen LogP contribution is 2.58. The number of aromatic nitrogens is 2. The van der Waals surface area contributed by atoms with E-state index in [2.05, 4.69) is 9.82 Å². The van der Waals surface area contributed by atoms with Crippen LogP contribution >= 0.6 is 0 Å². The lowest BCUT2D eigenvalue weighted by atomic mass is 9.82. The van der Waals surface area contributed by atoms with Crippen LogP contribution in [0.2, 0.25) is 0 Å². The Morgan fingerprint density at radius 1 is 1.05 bits per heavy atom. The average molecular weight is 845 g/mol. The predicted molar refractivity (Wildman–Crippen MR) is 216 cm³/mol. The summed E-state index contributed by atoms with van der Waals surface area (Å²) < 4.78 is 69.8. The van der Waals surface area contributed by atoms with Crippen LogP contribution in [0.3, 0.4) is 0 Å². The van der Waals surface area contributed by atoms with Crippen LogP contribution in [0.4, 0.5) is 8.78 Å². The number of sulfonamides is 1. The number of esters is 1. The van der Waals surface area contributed by atoms with Gasteiger partial charge in [0.05, 0.1) is 51.9 Å². The van der Waals surface area contributed by atoms with E-state index in [-0.39, 0.29) is 49.2 Å². The second-order valence-electron chi connectivity index (χ2n) is 18.7. The highest BCUT2D eigenvalue weighted by Gasteiger charge is 2.63. The van der Waals surface area contributed by atoms with Gasteiger partial charge in [-0.05, 0) is 103 Å². The van der Waals surface area contributed by atoms with Gasteiger partial charge < -0.3 is 14.4 Å². The van der Waals surface area contributed by atoms with E-state index in [1.165, 1.54) is 9.58 Å². The highest BCUT2D eigenvalue weighted by atomic mass is 32.2. The maximum absolute atomic E-state index is 15.0. The van der Waals surface area contributed by atoms with E-state index >= 15 is 0 Å². The van der Waals surface area contributed by atoms with Crippen molar-refractivity contribution in [1.82, 2.24) is 19.4 Å². The first-order chi connectivity index (χ1) is 27.4. The Bertz CT molecular complexity index is 2200. The van der Waals surface area contributed by atoms with Crippen LogP contribution < -0.4 is 15.0 Å². The Labute approximate surface area is 344 Å². The summed E-state index contributed by atoms with van der Waals surface area (Å²) in [6.07, 6.45) is 4.93. The number of carbonyl (C=O) groups is 4. The van der Waals surface area contributed by atoms with E-state index in [9.17, 15) is 41.2 Å². The molecule has 3 fully saturated rings. The highest BCUT2D eigenvalue weighted by molar-refractivity contribution is 7.91. The SMILES string of the molecule is CC(C)n1nc(O[C@@H]2C[C@H]3C(=O)C[C@]4(C(=O)NS(=O)(=O)C5(C)CC5)C[C@H]4/C=C\CC[C@@H](C)C[C@@H](C)[C@H](CC(=O)OC(C)(C)C(C)(F)F)C(=O)N3C2)c2ccccc2c1=O. The van der Waals surface area contributed by atoms with Crippen molar-refractivity contribution in [3.8, 4) is 5.88 Å². The average Bonchev–Trinajstić information content (AvgIpc) is 4.02. The van der Waals surface area contributed by atoms with Crippen molar-refractivity contribution in [3.05, 3.63) is 46.8 Å². The van der Waals surface area contributed by atoms with Crippen molar-refractivity contribution in [2.45, 2.75) is 148 Å². The second kappa shape index (κ2) is 16.0. The molecular weight excluding hydrogens is 787 g/mol. The molecule has 3 heterocycles. The molecule has 2 aliphatic heterocycles. The Balaban J connectivity index is 1.38. The van der Waals surface area contributed by atoms with Crippen molar-refractivity contribution in [2.75, 3.05) is 6.54 Å². The van der Waals surface area contributed by atoms with Crippen LogP contribution in [0.1, 0.15) is 119 Å². The number of benzene rings is 1. The largest absolute Gasteiger partial charge is 0.471 e. The smallest absolute Gasteiger partial charge is 0.307 e. The van der Waals surface area contributed by atoms with Crippen LogP contribution in [-0.4, -0.2) is 81.6 Å². The maximum Gasteiger partial charge on any atom is 0.307 e. The molecule has 0 bridgehead atoms. The van der Waals surface area contributed by atoms with Crippen LogP contribution in [0, 0.1) is 29.1 Å². The number of ketones is 1. The number of rotatable bonds is 10. The van der Waals surface area contributed by atoms with Crippen molar-refractivity contribution in [2.24, 2.45) is 29.1 Å². The zero-order valence-electron chi connectivity index (χ0n) is 35.3. The van der Waals surface area contributed by atoms with E-state index in [1.807, 2.05) is 26.0 Å². The molecule has 1 aromatic heterocycles. The molecule has 324 valence electrons. The molecule has 0 spiro atoms. The Morgan fingerprint density at radius 3 is 2.34 bits per heavy atom. The predicted octanol–water partition coefficient (Wildman–Crippen LogP) is 6.29. The van der Waals surface area contributed by atoms with Gasteiger partial charge in [0.15, 0.2) is 11.4 Å². The number of amides is 2. The van der Waals surface area contributed by atoms with E-state index in [0.29, 0.717) is 49.8 Å². The Morgan fingerprint density at radius 2 is 1.71 bits per heavy atom. The number of allylic oxidation sites excluding steroid dienone is 2. The zero-order valence-corrected chi connectivity index (χ0v) is 36.1. The minimum Gasteiger partial charge on any atom is -0.471 e. The number of hydrogen-bond acceptors (Lipinski definition) is 10. The third-order valence-corrected chi connectivity index (χ3v) is 15.3. The van der Waals surface area contributed by atoms with Crippen LogP contribution in [0.5, 0.6) is 5.88 Å². The van der Waals surface area contributed by atoms with Crippen LogP contribution in [0.25, 0.3) is 10.8 Å². The third kappa shape index (κ3) is 8.97. The quantitative estimate of drug-likeness (QED) is 0.212. The number of nitrogens with zero attached hydrogens (tertiary/aromatic N) is 3. The summed E-state index contributed by atoms with van der Waals surface area (Å²) in [5.74, 6) is -7.94. The summed E-state index contributed by atoms with van der Waals surface area (Å²) in [5.41, 5.74) is -3.85. The fourth-order valence-electron chi connectivity index (χ4n) is 8.45. The molecule has 1 aromatic carbocycles. The summed E-state index contributed by atoms with van der Waals surface area (Å²) in [6, 6.07) is 5.32. The normalized spacial score (nSPS) is 29.5. The molecule has 0 unspecified atom stereocenters. The first-order valence-electron chi connectivity index (χ1n) is 20.7. The molecule has 13 nitrogen and oxygen atoms in total. The van der Waals surface area contributed by atoms with E-state index in [4.69, 9.17) is 9.47 Å². The van der Waals surface area contributed by atoms with Gasteiger partial charge in [-0.2, -0.15) is 0 Å². The summed E-state index contributed by atoms with van der Waals surface area (Å²) in [4.78, 5) is 71.8. The molecule has 59 heavy (non-hydrogen) atoms. The summed E-state index contributed by atoms with van der Waals surface area (Å²) in [6.45, 7) is 11.7. The van der Waals surface area contributed by atoms with Crippen molar-refractivity contribution >= 4 is 44.4 Å². The molecule has 1 N–H and O–H groups in total. The van der Waals surface area contributed by atoms with Gasteiger partial charge in [0.2, 0.25) is 27.7 Å². The van der Waals surface area contributed by atoms with Gasteiger partial charge in [-0.25, -0.2) is 21.9 Å². The lowest BCUT2D eigenvalue weighted by Gasteiger charge is -2.34. The molecule has 2 aromatic rings. The number of nitrogens with one attached hydrogen (secondary N) is 1. The van der Waals surface area contributed by atoms with Crippen molar-refractivity contribution in [1.29, 1.82) is 0 Å². The van der Waals surface area contributed by atoms with E-state index in [1.54, 1.807) is 45.0 Å². The van der Waals surface area contributed by atoms with Gasteiger partial charge in [-0.15, -0.1) is 5.10 Å². The third-order valence-electron chi connectivity index (χ3n) is 13.2. The lowest BCUT2D eigenvalue weighted by Crippen LogP contribution is -2.49. The number of ether oxygens (including phenoxy) is 2. The van der Waals surface area contributed by atoms with Gasteiger partial charge in [0.1, 0.15) is 6.10 Å². The lowest BCUT2D eigenvalue weighted by molar-refractivity contribution is -0.197. The monoisotopic (exact) mass is 844 g/mol. The standard InChI is InChI=1S/C43H58F2N4O9S/c1-25(2)49-38(53)31-16-12-11-15-30(31)36(46-49)57-29-20-33-34(50)23-43(39(54)47-59(55,56)41(7)17-18-41)22-28(43)14-10-9-13-26(3)19-27(4)32(37(52)48(33)24-29)21-35(51)58-40(5,6)42(8,44)45/h10-12,14-16,25-29,32-33H,9,13,17-24H2,1-8H3,(H,47,54)/b14-10-/t26-,27-,28-,29-,32+,33+,43-/m1/s1. The molecule has 4 aliphatic rings. The second-order valence-corrected chi connectivity index (χ2v) is 20.9. The summed E-state index contributed by atoms with van der Waals surface area (Å²) in [5, 5.41) is 5.33.